The van der Waals surface area contributed by atoms with Crippen LogP contribution in [-0.2, 0) is 9.53 Å². The van der Waals surface area contributed by atoms with Crippen molar-refractivity contribution in [2.45, 2.75) is 52.2 Å². The van der Waals surface area contributed by atoms with Crippen LogP contribution in [0.15, 0.2) is 46.6 Å². The molecule has 0 spiro atoms. The number of hydrogen-bond donors (Lipinski definition) is 3. The van der Waals surface area contributed by atoms with Crippen molar-refractivity contribution in [1.82, 2.24) is 0 Å². The second-order valence-electron chi connectivity index (χ2n) is 7.16. The lowest BCUT2D eigenvalue weighted by molar-refractivity contribution is -0.145. The minimum atomic E-state index is -0.906. The van der Waals surface area contributed by atoms with Crippen LogP contribution in [-0.4, -0.2) is 26.9 Å². The Morgan fingerprint density at radius 3 is 2.63 bits per heavy atom. The Balaban J connectivity index is 2.31. The molecule has 1 atom stereocenters. The number of aromatic hydroxyl groups is 2. The smallest absolute Gasteiger partial charge is 0.333 e. The van der Waals surface area contributed by atoms with Gasteiger partial charge >= 0.3 is 5.97 Å². The number of aliphatic hydroxyl groups is 1. The summed E-state index contributed by atoms with van der Waals surface area (Å²) >= 11 is 0. The maximum Gasteiger partial charge on any atom is 0.333 e. The summed E-state index contributed by atoms with van der Waals surface area (Å²) in [7, 11) is 0. The van der Waals surface area contributed by atoms with Gasteiger partial charge in [0.1, 0.15) is 23.4 Å². The maximum absolute atomic E-state index is 12.2. The van der Waals surface area contributed by atoms with Crippen molar-refractivity contribution in [2.75, 3.05) is 0 Å². The topological polar surface area (TPSA) is 100 Å². The number of phenolic OH excluding ortho intramolecular Hbond substituents is 2. The van der Waals surface area contributed by atoms with Crippen LogP contribution in [0.4, 0.5) is 0 Å². The van der Waals surface area contributed by atoms with Crippen LogP contribution in [0.5, 0.6) is 11.5 Å². The second kappa shape index (κ2) is 8.31. The average Bonchev–Trinajstić information content (AvgIpc) is 3.08. The normalized spacial score (nSPS) is 13.4. The number of hydrogen-bond acceptors (Lipinski definition) is 6. The summed E-state index contributed by atoms with van der Waals surface area (Å²) in [5, 5.41) is 29.7. The molecule has 1 aromatic carbocycles. The van der Waals surface area contributed by atoms with Crippen LogP contribution in [0.1, 0.15) is 52.2 Å². The Kier molecular flexibility index (Phi) is 6.33. The van der Waals surface area contributed by atoms with Gasteiger partial charge in [0.25, 0.3) is 0 Å². The molecule has 6 heteroatoms. The van der Waals surface area contributed by atoms with Gasteiger partial charge in [-0.25, -0.2) is 4.79 Å². The third kappa shape index (κ3) is 5.62. The van der Waals surface area contributed by atoms with Crippen LogP contribution < -0.4 is 0 Å². The quantitative estimate of drug-likeness (QED) is 0.376. The molecular formula is C21H26O6. The number of carbonyl (C=O) groups excluding carboxylic acids is 1. The van der Waals surface area contributed by atoms with E-state index in [1.54, 1.807) is 39.8 Å². The minimum Gasteiger partial charge on any atom is -0.508 e. The van der Waals surface area contributed by atoms with E-state index in [-0.39, 0.29) is 11.5 Å². The molecule has 0 aliphatic carbocycles. The fraction of sp³-hybridized carbons (Fsp3) is 0.381. The molecule has 1 aromatic heterocycles. The van der Waals surface area contributed by atoms with Gasteiger partial charge in [0.15, 0.2) is 0 Å². The molecule has 1 unspecified atom stereocenters. The lowest BCUT2D eigenvalue weighted by Gasteiger charge is -2.22. The lowest BCUT2D eigenvalue weighted by atomic mass is 9.97. The van der Waals surface area contributed by atoms with Crippen molar-refractivity contribution >= 4 is 5.97 Å². The molecule has 146 valence electrons. The summed E-state index contributed by atoms with van der Waals surface area (Å²) in [6.45, 7) is 6.80. The van der Waals surface area contributed by atoms with Gasteiger partial charge in [0, 0.05) is 11.1 Å². The summed E-state index contributed by atoms with van der Waals surface area (Å²) < 4.78 is 11.1. The number of furan rings is 1. The van der Waals surface area contributed by atoms with Crippen LogP contribution in [0.2, 0.25) is 0 Å². The van der Waals surface area contributed by atoms with Crippen molar-refractivity contribution in [2.24, 2.45) is 0 Å². The zero-order valence-electron chi connectivity index (χ0n) is 16.0. The predicted molar refractivity (Wildman–Crippen MR) is 101 cm³/mol. The molecule has 0 fully saturated rings. The number of benzene rings is 1. The highest BCUT2D eigenvalue weighted by Gasteiger charge is 2.24. The van der Waals surface area contributed by atoms with Crippen LogP contribution in [0, 0.1) is 0 Å². The first-order valence-electron chi connectivity index (χ1n) is 8.78. The first-order valence-corrected chi connectivity index (χ1v) is 8.78. The average molecular weight is 374 g/mol. The van der Waals surface area contributed by atoms with E-state index in [0.29, 0.717) is 35.3 Å². The highest BCUT2D eigenvalue weighted by atomic mass is 16.5. The fourth-order valence-electron chi connectivity index (χ4n) is 2.50. The van der Waals surface area contributed by atoms with Crippen molar-refractivity contribution in [3.63, 3.8) is 0 Å². The predicted octanol–water partition coefficient (Wildman–Crippen LogP) is 4.46. The molecule has 0 saturated heterocycles. The van der Waals surface area contributed by atoms with Crippen molar-refractivity contribution in [3.05, 3.63) is 47.7 Å². The SMILES string of the molecule is C/C=C(/C)C(=O)OC(CCC(C)(C)O)c1coc(-c2cc(O)ccc2O)c1. The van der Waals surface area contributed by atoms with E-state index < -0.39 is 17.7 Å². The van der Waals surface area contributed by atoms with Crippen LogP contribution in [0.25, 0.3) is 11.3 Å². The molecule has 0 aliphatic heterocycles. The van der Waals surface area contributed by atoms with E-state index in [1.807, 2.05) is 0 Å². The van der Waals surface area contributed by atoms with E-state index in [2.05, 4.69) is 0 Å². The number of esters is 1. The minimum absolute atomic E-state index is 0.00512. The second-order valence-corrected chi connectivity index (χ2v) is 7.16. The summed E-state index contributed by atoms with van der Waals surface area (Å²) in [6.07, 6.45) is 3.32. The number of allylic oxidation sites excluding steroid dienone is 1. The standard InChI is InChI=1S/C21H26O6/c1-5-13(2)20(24)27-18(8-9-21(3,4)25)14-10-19(26-12-14)16-11-15(22)6-7-17(16)23/h5-7,10-12,18,22-23,25H,8-9H2,1-4H3/b13-5-. The molecule has 0 aliphatic rings. The third-order valence-electron chi connectivity index (χ3n) is 4.26. The lowest BCUT2D eigenvalue weighted by Crippen LogP contribution is -2.21. The summed E-state index contributed by atoms with van der Waals surface area (Å²) in [5.74, 6) is -0.148. The van der Waals surface area contributed by atoms with Crippen LogP contribution >= 0.6 is 0 Å². The fourth-order valence-corrected chi connectivity index (χ4v) is 2.50. The van der Waals surface area contributed by atoms with Gasteiger partial charge in [-0.15, -0.1) is 0 Å². The van der Waals surface area contributed by atoms with Gasteiger partial charge in [-0.1, -0.05) is 6.08 Å². The third-order valence-corrected chi connectivity index (χ3v) is 4.26. The molecule has 6 nitrogen and oxygen atoms in total. The van der Waals surface area contributed by atoms with E-state index in [1.165, 1.54) is 24.5 Å². The molecule has 0 bridgehead atoms. The van der Waals surface area contributed by atoms with E-state index in [0.717, 1.165) is 0 Å². The van der Waals surface area contributed by atoms with E-state index >= 15 is 0 Å². The van der Waals surface area contributed by atoms with Gasteiger partial charge in [0.05, 0.1) is 17.4 Å². The molecule has 0 radical (unpaired) electrons. The number of phenols is 2. The Morgan fingerprint density at radius 1 is 1.30 bits per heavy atom. The van der Waals surface area contributed by atoms with E-state index in [4.69, 9.17) is 9.15 Å². The Bertz CT molecular complexity index is 825. The largest absolute Gasteiger partial charge is 0.508 e. The Labute approximate surface area is 158 Å². The maximum atomic E-state index is 12.2. The zero-order valence-corrected chi connectivity index (χ0v) is 16.0. The molecule has 1 heterocycles. The first-order chi connectivity index (χ1) is 12.6. The monoisotopic (exact) mass is 374 g/mol. The zero-order chi connectivity index (χ0) is 20.2. The summed E-state index contributed by atoms with van der Waals surface area (Å²) in [4.78, 5) is 12.2. The Hall–Kier alpha value is -2.73. The van der Waals surface area contributed by atoms with Crippen molar-refractivity contribution < 1.29 is 29.3 Å². The van der Waals surface area contributed by atoms with Gasteiger partial charge in [-0.2, -0.15) is 0 Å². The molecule has 2 aromatic rings. The molecule has 0 amide bonds. The first kappa shape index (κ1) is 20.6. The highest BCUT2D eigenvalue weighted by molar-refractivity contribution is 5.87. The molecular weight excluding hydrogens is 348 g/mol. The molecule has 2 rings (SSSR count). The number of carbonyl (C=O) groups is 1. The van der Waals surface area contributed by atoms with E-state index in [9.17, 15) is 20.1 Å². The molecule has 27 heavy (non-hydrogen) atoms. The van der Waals surface area contributed by atoms with Crippen molar-refractivity contribution in [3.8, 4) is 22.8 Å². The summed E-state index contributed by atoms with van der Waals surface area (Å²) in [5.41, 5.74) is 0.515. The van der Waals surface area contributed by atoms with Gasteiger partial charge in [-0.05, 0) is 64.8 Å². The number of ether oxygens (including phenoxy) is 1. The van der Waals surface area contributed by atoms with Crippen LogP contribution in [0.3, 0.4) is 0 Å². The van der Waals surface area contributed by atoms with Gasteiger partial charge in [-0.3, -0.25) is 0 Å². The van der Waals surface area contributed by atoms with Gasteiger partial charge in [0.2, 0.25) is 0 Å². The van der Waals surface area contributed by atoms with Gasteiger partial charge < -0.3 is 24.5 Å². The Morgan fingerprint density at radius 2 is 2.00 bits per heavy atom. The highest BCUT2D eigenvalue weighted by Crippen LogP contribution is 2.36. The van der Waals surface area contributed by atoms with Crippen molar-refractivity contribution in [1.29, 1.82) is 0 Å². The molecule has 3 N–H and O–H groups in total. The number of rotatable bonds is 7. The molecule has 0 saturated carbocycles. The summed E-state index contributed by atoms with van der Waals surface area (Å²) in [6, 6.07) is 5.78.